The molecule has 0 N–H and O–H groups in total. The Morgan fingerprint density at radius 2 is 2.39 bits per heavy atom. The van der Waals surface area contributed by atoms with Crippen molar-refractivity contribution in [2.24, 2.45) is 0 Å². The molecule has 18 heavy (non-hydrogen) atoms. The Bertz CT molecular complexity index is 480. The minimum atomic E-state index is 0.00986. The number of morpholine rings is 1. The molecule has 1 saturated heterocycles. The first-order valence-electron chi connectivity index (χ1n) is 6.12. The summed E-state index contributed by atoms with van der Waals surface area (Å²) in [7, 11) is 0. The summed E-state index contributed by atoms with van der Waals surface area (Å²) in [5, 5.41) is 1.82. The molecule has 100 valence electrons. The summed E-state index contributed by atoms with van der Waals surface area (Å²) >= 11 is 1.18. The molecule has 1 aromatic rings. The summed E-state index contributed by atoms with van der Waals surface area (Å²) in [5.41, 5.74) is 0.924. The van der Waals surface area contributed by atoms with E-state index in [-0.39, 0.29) is 16.9 Å². The third kappa shape index (κ3) is 3.00. The van der Waals surface area contributed by atoms with Gasteiger partial charge in [0.1, 0.15) is 0 Å². The summed E-state index contributed by atoms with van der Waals surface area (Å²) in [5.74, 6) is 0.0997. The van der Waals surface area contributed by atoms with Gasteiger partial charge in [0, 0.05) is 37.1 Å². The summed E-state index contributed by atoms with van der Waals surface area (Å²) in [6.07, 6.45) is 0.484. The van der Waals surface area contributed by atoms with Gasteiger partial charge in [0.05, 0.1) is 12.7 Å². The van der Waals surface area contributed by atoms with Gasteiger partial charge in [-0.15, -0.1) is 0 Å². The molecule has 1 atom stereocenters. The summed E-state index contributed by atoms with van der Waals surface area (Å²) in [6.45, 7) is 6.23. The van der Waals surface area contributed by atoms with Gasteiger partial charge in [-0.3, -0.25) is 9.59 Å². The number of nitrogens with zero attached hydrogens (tertiary/aromatic N) is 2. The molecule has 1 unspecified atom stereocenters. The van der Waals surface area contributed by atoms with Crippen LogP contribution < -0.4 is 4.87 Å². The van der Waals surface area contributed by atoms with E-state index in [9.17, 15) is 9.59 Å². The predicted molar refractivity (Wildman–Crippen MR) is 69.9 cm³/mol. The van der Waals surface area contributed by atoms with E-state index in [1.165, 1.54) is 11.3 Å². The van der Waals surface area contributed by atoms with Crippen LogP contribution in [0.5, 0.6) is 0 Å². The molecule has 0 spiro atoms. The summed E-state index contributed by atoms with van der Waals surface area (Å²) < 4.78 is 7.06. The van der Waals surface area contributed by atoms with Gasteiger partial charge in [0.25, 0.3) is 0 Å². The molecule has 0 saturated carbocycles. The van der Waals surface area contributed by atoms with E-state index in [4.69, 9.17) is 4.74 Å². The molecule has 0 aliphatic carbocycles. The number of aromatic nitrogens is 1. The van der Waals surface area contributed by atoms with E-state index in [1.807, 2.05) is 24.1 Å². The van der Waals surface area contributed by atoms with Crippen molar-refractivity contribution in [3.63, 3.8) is 0 Å². The Morgan fingerprint density at radius 1 is 1.61 bits per heavy atom. The third-order valence-corrected chi connectivity index (χ3v) is 4.00. The van der Waals surface area contributed by atoms with E-state index < -0.39 is 0 Å². The van der Waals surface area contributed by atoms with Crippen molar-refractivity contribution < 1.29 is 9.53 Å². The lowest BCUT2D eigenvalue weighted by Crippen LogP contribution is -2.44. The predicted octanol–water partition coefficient (Wildman–Crippen LogP) is 0.856. The minimum Gasteiger partial charge on any atom is -0.375 e. The number of rotatable bonds is 3. The summed E-state index contributed by atoms with van der Waals surface area (Å²) in [4.78, 5) is 25.4. The minimum absolute atomic E-state index is 0.00986. The first kappa shape index (κ1) is 13.3. The molecule has 1 fully saturated rings. The largest absolute Gasteiger partial charge is 0.375 e. The lowest BCUT2D eigenvalue weighted by molar-refractivity contribution is -0.138. The quantitative estimate of drug-likeness (QED) is 0.818. The average Bonchev–Trinajstić information content (AvgIpc) is 2.66. The lowest BCUT2D eigenvalue weighted by atomic mass is 10.2. The van der Waals surface area contributed by atoms with Gasteiger partial charge in [-0.25, -0.2) is 0 Å². The number of thiazole rings is 1. The van der Waals surface area contributed by atoms with Gasteiger partial charge in [0.15, 0.2) is 0 Å². The van der Waals surface area contributed by atoms with E-state index in [0.29, 0.717) is 32.7 Å². The molecule has 0 radical (unpaired) electrons. The number of hydrogen-bond donors (Lipinski definition) is 0. The van der Waals surface area contributed by atoms with Gasteiger partial charge in [-0.05, 0) is 13.8 Å². The fourth-order valence-corrected chi connectivity index (χ4v) is 2.85. The van der Waals surface area contributed by atoms with Crippen LogP contribution in [0.15, 0.2) is 10.2 Å². The maximum atomic E-state index is 12.0. The molecule has 1 amide bonds. The number of amides is 1. The second kappa shape index (κ2) is 5.67. The first-order valence-corrected chi connectivity index (χ1v) is 7.00. The molecule has 1 aromatic heterocycles. The molecule has 6 heteroatoms. The molecular weight excluding hydrogens is 252 g/mol. The normalized spacial score (nSPS) is 20.1. The molecule has 0 bridgehead atoms. The van der Waals surface area contributed by atoms with Crippen LogP contribution in [0.4, 0.5) is 0 Å². The average molecular weight is 270 g/mol. The van der Waals surface area contributed by atoms with Gasteiger partial charge < -0.3 is 14.2 Å². The van der Waals surface area contributed by atoms with Crippen LogP contribution in [-0.4, -0.2) is 41.2 Å². The van der Waals surface area contributed by atoms with Crippen molar-refractivity contribution in [2.45, 2.75) is 32.9 Å². The van der Waals surface area contributed by atoms with Crippen LogP contribution in [0.25, 0.3) is 0 Å². The fourth-order valence-electron chi connectivity index (χ4n) is 2.09. The highest BCUT2D eigenvalue weighted by molar-refractivity contribution is 7.07. The zero-order chi connectivity index (χ0) is 13.1. The van der Waals surface area contributed by atoms with Crippen LogP contribution in [0.1, 0.15) is 19.0 Å². The highest BCUT2D eigenvalue weighted by atomic mass is 32.1. The van der Waals surface area contributed by atoms with E-state index >= 15 is 0 Å². The Hall–Kier alpha value is -1.14. The maximum absolute atomic E-state index is 12.0. The van der Waals surface area contributed by atoms with Crippen molar-refractivity contribution in [1.29, 1.82) is 0 Å². The molecular formula is C12H18N2O3S. The zero-order valence-electron chi connectivity index (χ0n) is 10.7. The number of hydrogen-bond acceptors (Lipinski definition) is 4. The highest BCUT2D eigenvalue weighted by Crippen LogP contribution is 2.07. The zero-order valence-corrected chi connectivity index (χ0v) is 11.5. The van der Waals surface area contributed by atoms with E-state index in [1.54, 1.807) is 4.57 Å². The smallest absolute Gasteiger partial charge is 0.307 e. The molecule has 1 aliphatic heterocycles. The van der Waals surface area contributed by atoms with Gasteiger partial charge in [-0.2, -0.15) is 0 Å². The van der Waals surface area contributed by atoms with Crippen LogP contribution in [0, 0.1) is 6.92 Å². The molecule has 1 aliphatic rings. The number of ether oxygens (including phenoxy) is 1. The number of carbonyl (C=O) groups excluding carboxylic acids is 1. The van der Waals surface area contributed by atoms with Crippen molar-refractivity contribution in [2.75, 3.05) is 19.7 Å². The van der Waals surface area contributed by atoms with Gasteiger partial charge >= 0.3 is 4.87 Å². The molecule has 2 heterocycles. The fraction of sp³-hybridized carbons (Fsp3) is 0.667. The van der Waals surface area contributed by atoms with Gasteiger partial charge in [-0.1, -0.05) is 11.3 Å². The standard InChI is InChI=1S/C12H18N2O3S/c1-9-8-18-12(16)14(9)4-3-11(15)13-5-6-17-10(2)7-13/h8,10H,3-7H2,1-2H3. The molecule has 2 rings (SSSR count). The van der Waals surface area contributed by atoms with Crippen molar-refractivity contribution in [1.82, 2.24) is 9.47 Å². The lowest BCUT2D eigenvalue weighted by Gasteiger charge is -2.31. The van der Waals surface area contributed by atoms with Crippen LogP contribution in [-0.2, 0) is 16.1 Å². The summed E-state index contributed by atoms with van der Waals surface area (Å²) in [6, 6.07) is 0. The van der Waals surface area contributed by atoms with E-state index in [2.05, 4.69) is 0 Å². The molecule has 5 nitrogen and oxygen atoms in total. The SMILES string of the molecule is Cc1csc(=O)n1CCC(=O)N1CCOC(C)C1. The Kier molecular flexibility index (Phi) is 4.19. The van der Waals surface area contributed by atoms with Crippen LogP contribution >= 0.6 is 11.3 Å². The van der Waals surface area contributed by atoms with Crippen LogP contribution in [0.2, 0.25) is 0 Å². The second-order valence-corrected chi connectivity index (χ2v) is 5.39. The van der Waals surface area contributed by atoms with Gasteiger partial charge in [0.2, 0.25) is 5.91 Å². The monoisotopic (exact) mass is 270 g/mol. The third-order valence-electron chi connectivity index (χ3n) is 3.12. The van der Waals surface area contributed by atoms with Crippen LogP contribution in [0.3, 0.4) is 0 Å². The Morgan fingerprint density at radius 3 is 3.00 bits per heavy atom. The van der Waals surface area contributed by atoms with E-state index in [0.717, 1.165) is 5.69 Å². The van der Waals surface area contributed by atoms with Crippen molar-refractivity contribution in [3.8, 4) is 0 Å². The number of aryl methyl sites for hydroxylation is 1. The highest BCUT2D eigenvalue weighted by Gasteiger charge is 2.21. The molecule has 0 aromatic carbocycles. The number of carbonyl (C=O) groups is 1. The first-order chi connectivity index (χ1) is 8.58. The second-order valence-electron chi connectivity index (χ2n) is 4.57. The van der Waals surface area contributed by atoms with Crippen molar-refractivity contribution >= 4 is 17.2 Å². The maximum Gasteiger partial charge on any atom is 0.307 e. The Labute approximate surface area is 110 Å². The van der Waals surface area contributed by atoms with Crippen molar-refractivity contribution in [3.05, 3.63) is 20.7 Å². The Balaban J connectivity index is 1.90. The topological polar surface area (TPSA) is 51.5 Å².